The second-order valence-electron chi connectivity index (χ2n) is 9.60. The molecule has 3 aromatic rings. The van der Waals surface area contributed by atoms with Crippen LogP contribution in [0.4, 0.5) is 17.6 Å². The monoisotopic (exact) mass is 522 g/mol. The van der Waals surface area contributed by atoms with E-state index < -0.39 is 12.0 Å². The highest BCUT2D eigenvalue weighted by Crippen LogP contribution is 2.41. The lowest BCUT2D eigenvalue weighted by molar-refractivity contribution is -0.146. The van der Waals surface area contributed by atoms with Crippen molar-refractivity contribution in [2.75, 3.05) is 19.6 Å². The molecule has 1 aromatic heterocycles. The largest absolute Gasteiger partial charge is 0.453 e. The van der Waals surface area contributed by atoms with E-state index in [0.717, 1.165) is 38.0 Å². The molecule has 6 nitrogen and oxygen atoms in total. The van der Waals surface area contributed by atoms with Crippen molar-refractivity contribution in [1.29, 1.82) is 0 Å². The number of alkyl halides is 3. The van der Waals surface area contributed by atoms with E-state index in [9.17, 15) is 17.6 Å². The molecule has 2 aromatic carbocycles. The SMILES string of the molecule is Fc1ccc([C@@H]2[C@@H](CN3CCCC3)CC[C@@H]2NCc2cc(-n3nnnc3C(F)(F)F)ccc2Cl)cc1. The van der Waals surface area contributed by atoms with Crippen LogP contribution in [-0.4, -0.2) is 50.8 Å². The Morgan fingerprint density at radius 2 is 1.78 bits per heavy atom. The first-order valence-corrected chi connectivity index (χ1v) is 12.5. The molecule has 2 heterocycles. The van der Waals surface area contributed by atoms with Gasteiger partial charge in [0.25, 0.3) is 5.82 Å². The Morgan fingerprint density at radius 1 is 1.03 bits per heavy atom. The lowest BCUT2D eigenvalue weighted by atomic mass is 9.86. The molecule has 0 spiro atoms. The first-order valence-electron chi connectivity index (χ1n) is 12.1. The average molecular weight is 523 g/mol. The van der Waals surface area contributed by atoms with Gasteiger partial charge < -0.3 is 10.2 Å². The number of likely N-dealkylation sites (tertiary alicyclic amines) is 1. The molecule has 1 N–H and O–H groups in total. The van der Waals surface area contributed by atoms with Gasteiger partial charge in [0.15, 0.2) is 0 Å². The predicted octanol–water partition coefficient (Wildman–Crippen LogP) is 5.22. The molecule has 0 amide bonds. The van der Waals surface area contributed by atoms with Crippen LogP contribution in [0.2, 0.25) is 5.02 Å². The third-order valence-electron chi connectivity index (χ3n) is 7.29. The fraction of sp³-hybridized carbons (Fsp3) is 0.480. The van der Waals surface area contributed by atoms with Gasteiger partial charge in [0, 0.05) is 30.1 Å². The minimum absolute atomic E-state index is 0.126. The van der Waals surface area contributed by atoms with E-state index in [1.54, 1.807) is 12.1 Å². The van der Waals surface area contributed by atoms with Crippen LogP contribution in [0.25, 0.3) is 5.69 Å². The summed E-state index contributed by atoms with van der Waals surface area (Å²) in [6.07, 6.45) is -0.242. The van der Waals surface area contributed by atoms with E-state index in [2.05, 4.69) is 25.7 Å². The zero-order valence-corrected chi connectivity index (χ0v) is 20.3. The molecule has 2 aliphatic rings. The Kier molecular flexibility index (Phi) is 7.28. The summed E-state index contributed by atoms with van der Waals surface area (Å²) in [6.45, 7) is 3.61. The van der Waals surface area contributed by atoms with Crippen molar-refractivity contribution in [2.45, 2.75) is 50.4 Å². The van der Waals surface area contributed by atoms with Gasteiger partial charge in [-0.25, -0.2) is 4.39 Å². The number of rotatable bonds is 7. The van der Waals surface area contributed by atoms with E-state index >= 15 is 0 Å². The molecule has 1 saturated carbocycles. The highest BCUT2D eigenvalue weighted by molar-refractivity contribution is 6.31. The van der Waals surface area contributed by atoms with Crippen molar-refractivity contribution in [2.24, 2.45) is 5.92 Å². The predicted molar refractivity (Wildman–Crippen MR) is 127 cm³/mol. The third kappa shape index (κ3) is 5.40. The quantitative estimate of drug-likeness (QED) is 0.431. The van der Waals surface area contributed by atoms with Crippen LogP contribution in [0.3, 0.4) is 0 Å². The Balaban J connectivity index is 1.35. The van der Waals surface area contributed by atoms with E-state index in [1.807, 2.05) is 12.1 Å². The van der Waals surface area contributed by atoms with Crippen molar-refractivity contribution in [3.05, 3.63) is 70.3 Å². The third-order valence-corrected chi connectivity index (χ3v) is 7.66. The highest BCUT2D eigenvalue weighted by Gasteiger charge is 2.39. The van der Waals surface area contributed by atoms with E-state index in [1.165, 1.54) is 31.0 Å². The molecule has 192 valence electrons. The molecule has 2 fully saturated rings. The van der Waals surface area contributed by atoms with Crippen LogP contribution in [0.1, 0.15) is 48.6 Å². The number of hydrogen-bond donors (Lipinski definition) is 1. The number of hydrogen-bond acceptors (Lipinski definition) is 5. The Hall–Kier alpha value is -2.56. The Bertz CT molecular complexity index is 1180. The average Bonchev–Trinajstić information content (AvgIpc) is 3.61. The van der Waals surface area contributed by atoms with Crippen molar-refractivity contribution in [3.63, 3.8) is 0 Å². The van der Waals surface area contributed by atoms with Crippen molar-refractivity contribution in [1.82, 2.24) is 30.4 Å². The molecule has 0 unspecified atom stereocenters. The highest BCUT2D eigenvalue weighted by atomic mass is 35.5. The van der Waals surface area contributed by atoms with Gasteiger partial charge in [-0.05, 0) is 96.6 Å². The summed E-state index contributed by atoms with van der Waals surface area (Å²) in [5.74, 6) is -0.824. The molecule has 0 bridgehead atoms. The normalized spacial score (nSPS) is 23.0. The van der Waals surface area contributed by atoms with Crippen LogP contribution < -0.4 is 5.32 Å². The van der Waals surface area contributed by atoms with Crippen molar-refractivity contribution >= 4 is 11.6 Å². The van der Waals surface area contributed by atoms with Crippen molar-refractivity contribution in [3.8, 4) is 5.69 Å². The first-order chi connectivity index (χ1) is 17.3. The summed E-state index contributed by atoms with van der Waals surface area (Å²) in [5.41, 5.74) is 1.93. The van der Waals surface area contributed by atoms with E-state index in [4.69, 9.17) is 11.6 Å². The molecule has 3 atom stereocenters. The maximum atomic E-state index is 13.6. The Morgan fingerprint density at radius 3 is 2.50 bits per heavy atom. The molecule has 1 aliphatic heterocycles. The summed E-state index contributed by atoms with van der Waals surface area (Å²) in [4.78, 5) is 2.51. The summed E-state index contributed by atoms with van der Waals surface area (Å²) in [7, 11) is 0. The van der Waals surface area contributed by atoms with Gasteiger partial charge in [-0.15, -0.1) is 5.10 Å². The van der Waals surface area contributed by atoms with Crippen LogP contribution in [0.5, 0.6) is 0 Å². The van der Waals surface area contributed by atoms with Gasteiger partial charge in [-0.2, -0.15) is 17.9 Å². The maximum absolute atomic E-state index is 13.6. The Labute approximate surface area is 211 Å². The summed E-state index contributed by atoms with van der Waals surface area (Å²) < 4.78 is 54.2. The number of nitrogens with zero attached hydrogens (tertiary/aromatic N) is 5. The molecule has 1 aliphatic carbocycles. The minimum Gasteiger partial charge on any atom is -0.309 e. The van der Waals surface area contributed by atoms with Gasteiger partial charge in [0.1, 0.15) is 5.82 Å². The molecular weight excluding hydrogens is 496 g/mol. The molecular formula is C25H27ClF4N6. The fourth-order valence-electron chi connectivity index (χ4n) is 5.61. The van der Waals surface area contributed by atoms with Gasteiger partial charge in [0.05, 0.1) is 5.69 Å². The van der Waals surface area contributed by atoms with Crippen LogP contribution in [-0.2, 0) is 12.7 Å². The van der Waals surface area contributed by atoms with E-state index in [-0.39, 0.29) is 23.5 Å². The number of halogens is 5. The lowest BCUT2D eigenvalue weighted by Gasteiger charge is -2.29. The maximum Gasteiger partial charge on any atom is 0.453 e. The molecule has 0 radical (unpaired) electrons. The smallest absolute Gasteiger partial charge is 0.309 e. The fourth-order valence-corrected chi connectivity index (χ4v) is 5.79. The summed E-state index contributed by atoms with van der Waals surface area (Å²) >= 11 is 6.41. The second kappa shape index (κ2) is 10.4. The molecule has 36 heavy (non-hydrogen) atoms. The molecule has 1 saturated heterocycles. The summed E-state index contributed by atoms with van der Waals surface area (Å²) in [5, 5.41) is 13.9. The first kappa shape index (κ1) is 25.1. The topological polar surface area (TPSA) is 58.9 Å². The number of benzene rings is 2. The number of aromatic nitrogens is 4. The number of tetrazole rings is 1. The number of nitrogens with one attached hydrogen (secondary N) is 1. The van der Waals surface area contributed by atoms with Gasteiger partial charge in [-0.1, -0.05) is 23.7 Å². The van der Waals surface area contributed by atoms with Crippen LogP contribution in [0.15, 0.2) is 42.5 Å². The molecule has 5 rings (SSSR count). The second-order valence-corrected chi connectivity index (χ2v) is 10.0. The van der Waals surface area contributed by atoms with Crippen LogP contribution >= 0.6 is 11.6 Å². The zero-order chi connectivity index (χ0) is 25.3. The van der Waals surface area contributed by atoms with E-state index in [0.29, 0.717) is 27.7 Å². The standard InChI is InChI=1S/C25H27ClF4N6/c26-21-9-8-20(36-24(25(28,29)30)32-33-34-36)13-18(21)14-31-22-10-5-17(15-35-11-1-2-12-35)23(22)16-3-6-19(27)7-4-16/h3-4,6-9,13,17,22-23,31H,1-2,5,10-12,14-15H2/t17-,22+,23-/m1/s1. The lowest BCUT2D eigenvalue weighted by Crippen LogP contribution is -2.35. The van der Waals surface area contributed by atoms with Crippen molar-refractivity contribution < 1.29 is 17.6 Å². The molecule has 11 heteroatoms. The zero-order valence-electron chi connectivity index (χ0n) is 19.6. The summed E-state index contributed by atoms with van der Waals surface area (Å²) in [6, 6.07) is 11.4. The van der Waals surface area contributed by atoms with Crippen LogP contribution in [0, 0.1) is 11.7 Å². The minimum atomic E-state index is -4.68. The van der Waals surface area contributed by atoms with Gasteiger partial charge in [0.2, 0.25) is 0 Å². The van der Waals surface area contributed by atoms with Gasteiger partial charge in [-0.3, -0.25) is 0 Å². The van der Waals surface area contributed by atoms with Gasteiger partial charge >= 0.3 is 6.18 Å².